The third-order valence-corrected chi connectivity index (χ3v) is 4.18. The van der Waals surface area contributed by atoms with Gasteiger partial charge < -0.3 is 20.5 Å². The number of hydrogen-bond acceptors (Lipinski definition) is 7. The van der Waals surface area contributed by atoms with Gasteiger partial charge in [-0.15, -0.1) is 0 Å². The Bertz CT molecular complexity index is 842. The molecule has 8 nitrogen and oxygen atoms in total. The fourth-order valence-electron chi connectivity index (χ4n) is 2.03. The smallest absolute Gasteiger partial charge is 0.276 e. The lowest BCUT2D eigenvalue weighted by Gasteiger charge is -2.08. The Morgan fingerprint density at radius 2 is 2.11 bits per heavy atom. The lowest BCUT2D eigenvalue weighted by Crippen LogP contribution is -2.19. The molecule has 2 aromatic rings. The maximum absolute atomic E-state index is 12.0. The number of aliphatic imine (C=N–C) groups is 1. The molecule has 0 aliphatic carbocycles. The molecule has 0 radical (unpaired) electrons. The summed E-state index contributed by atoms with van der Waals surface area (Å²) in [5, 5.41) is 3.95. The quantitative estimate of drug-likeness (QED) is 0.406. The lowest BCUT2D eigenvalue weighted by atomic mass is 10.2. The number of nitrogens with one attached hydrogen (secondary N) is 2. The summed E-state index contributed by atoms with van der Waals surface area (Å²) in [4.78, 5) is 23.0. The minimum atomic E-state index is -0.445. The second-order valence-corrected chi connectivity index (χ2v) is 6.27. The van der Waals surface area contributed by atoms with E-state index in [1.165, 1.54) is 6.21 Å². The molecule has 1 aromatic heterocycles. The van der Waals surface area contributed by atoms with Crippen LogP contribution in [-0.4, -0.2) is 49.7 Å². The molecule has 0 unspecified atom stereocenters. The van der Waals surface area contributed by atoms with Gasteiger partial charge in [-0.25, -0.2) is 4.98 Å². The topological polar surface area (TPSA) is 115 Å². The van der Waals surface area contributed by atoms with Crippen LogP contribution in [0.5, 0.6) is 0 Å². The zero-order valence-electron chi connectivity index (χ0n) is 14.8. The van der Waals surface area contributed by atoms with Crippen LogP contribution in [0.15, 0.2) is 28.0 Å². The van der Waals surface area contributed by atoms with E-state index in [4.69, 9.17) is 38.4 Å². The zero-order valence-corrected chi connectivity index (χ0v) is 16.3. The summed E-state index contributed by atoms with van der Waals surface area (Å²) in [6.45, 7) is 2.28. The van der Waals surface area contributed by atoms with Crippen molar-refractivity contribution in [2.75, 3.05) is 44.5 Å². The van der Waals surface area contributed by atoms with E-state index in [-0.39, 0.29) is 17.3 Å². The molecule has 0 saturated carbocycles. The highest BCUT2D eigenvalue weighted by atomic mass is 35.5. The summed E-state index contributed by atoms with van der Waals surface area (Å²) >= 11 is 11.9. The van der Waals surface area contributed by atoms with Gasteiger partial charge in [0.15, 0.2) is 0 Å². The number of aromatic nitrogens is 2. The van der Waals surface area contributed by atoms with E-state index in [0.717, 1.165) is 5.56 Å². The molecule has 0 atom stereocenters. The van der Waals surface area contributed by atoms with Crippen molar-refractivity contribution >= 4 is 41.1 Å². The predicted octanol–water partition coefficient (Wildman–Crippen LogP) is 2.35. The summed E-state index contributed by atoms with van der Waals surface area (Å²) in [5.74, 6) is 0.276. The van der Waals surface area contributed by atoms with Crippen molar-refractivity contribution in [2.24, 2.45) is 4.99 Å². The van der Waals surface area contributed by atoms with E-state index >= 15 is 0 Å². The Hall–Kier alpha value is -2.13. The van der Waals surface area contributed by atoms with Crippen LogP contribution in [0.2, 0.25) is 10.0 Å². The third kappa shape index (κ3) is 6.84. The number of nitrogens with zero attached hydrogens (tertiary/aromatic N) is 2. The summed E-state index contributed by atoms with van der Waals surface area (Å²) in [6, 6.07) is 5.26. The SMILES string of the molecule is COCCOCCN=Cc1nc(NCc2ccc(Cl)c(Cl)c2)[nH]c(=O)c1N. The van der Waals surface area contributed by atoms with Crippen molar-refractivity contribution in [3.63, 3.8) is 0 Å². The largest absolute Gasteiger partial charge is 0.392 e. The fraction of sp³-hybridized carbons (Fsp3) is 0.353. The second-order valence-electron chi connectivity index (χ2n) is 5.46. The first-order valence-electron chi connectivity index (χ1n) is 8.15. The van der Waals surface area contributed by atoms with Gasteiger partial charge in [-0.1, -0.05) is 29.3 Å². The van der Waals surface area contributed by atoms with E-state index in [1.54, 1.807) is 19.2 Å². The Morgan fingerprint density at radius 3 is 2.85 bits per heavy atom. The van der Waals surface area contributed by atoms with Crippen molar-refractivity contribution < 1.29 is 9.47 Å². The number of rotatable bonds is 10. The van der Waals surface area contributed by atoms with Gasteiger partial charge in [0.25, 0.3) is 5.56 Å². The number of nitrogens with two attached hydrogens (primary N) is 1. The third-order valence-electron chi connectivity index (χ3n) is 3.44. The number of benzene rings is 1. The number of aromatic amines is 1. The van der Waals surface area contributed by atoms with Crippen LogP contribution >= 0.6 is 23.2 Å². The lowest BCUT2D eigenvalue weighted by molar-refractivity contribution is 0.0749. The van der Waals surface area contributed by atoms with E-state index < -0.39 is 5.56 Å². The van der Waals surface area contributed by atoms with Crippen LogP contribution in [-0.2, 0) is 16.0 Å². The van der Waals surface area contributed by atoms with Gasteiger partial charge in [0.05, 0.1) is 36.4 Å². The van der Waals surface area contributed by atoms with Crippen molar-refractivity contribution in [1.82, 2.24) is 9.97 Å². The number of methoxy groups -OCH3 is 1. The van der Waals surface area contributed by atoms with Gasteiger partial charge in [0.2, 0.25) is 5.95 Å². The van der Waals surface area contributed by atoms with Crippen molar-refractivity contribution in [3.05, 3.63) is 49.9 Å². The van der Waals surface area contributed by atoms with Crippen LogP contribution in [0.3, 0.4) is 0 Å². The first kappa shape index (κ1) is 21.2. The molecule has 0 aliphatic rings. The minimum absolute atomic E-state index is 0.000797. The monoisotopic (exact) mass is 413 g/mol. The van der Waals surface area contributed by atoms with Crippen molar-refractivity contribution in [3.8, 4) is 0 Å². The molecular formula is C17H21Cl2N5O3. The molecule has 2 rings (SSSR count). The average molecular weight is 414 g/mol. The number of ether oxygens (including phenoxy) is 2. The molecule has 10 heteroatoms. The van der Waals surface area contributed by atoms with E-state index in [0.29, 0.717) is 43.0 Å². The van der Waals surface area contributed by atoms with E-state index in [2.05, 4.69) is 20.3 Å². The number of halogens is 2. The number of nitrogen functional groups attached to an aromatic ring is 1. The number of anilines is 2. The molecular weight excluding hydrogens is 393 g/mol. The van der Waals surface area contributed by atoms with Crippen LogP contribution in [0.25, 0.3) is 0 Å². The molecule has 0 saturated heterocycles. The highest BCUT2D eigenvalue weighted by Gasteiger charge is 2.07. The fourth-order valence-corrected chi connectivity index (χ4v) is 2.35. The molecule has 27 heavy (non-hydrogen) atoms. The maximum atomic E-state index is 12.0. The van der Waals surface area contributed by atoms with E-state index in [9.17, 15) is 4.79 Å². The Kier molecular flexibility index (Phi) is 8.53. The Balaban J connectivity index is 1.97. The zero-order chi connectivity index (χ0) is 19.6. The Morgan fingerprint density at radius 1 is 1.30 bits per heavy atom. The highest BCUT2D eigenvalue weighted by molar-refractivity contribution is 6.42. The van der Waals surface area contributed by atoms with Gasteiger partial charge in [-0.3, -0.25) is 14.8 Å². The standard InChI is InChI=1S/C17H21Cl2N5O3/c1-26-6-7-27-5-4-21-10-14-15(20)16(25)24-17(23-14)22-9-11-2-3-12(18)13(19)8-11/h2-3,8,10H,4-7,9,20H2,1H3,(H2,22,23,24,25). The summed E-state index contributed by atoms with van der Waals surface area (Å²) in [6.07, 6.45) is 1.45. The van der Waals surface area contributed by atoms with E-state index in [1.807, 2.05) is 6.07 Å². The number of H-pyrrole nitrogens is 1. The highest BCUT2D eigenvalue weighted by Crippen LogP contribution is 2.22. The van der Waals surface area contributed by atoms with Gasteiger partial charge in [0, 0.05) is 19.9 Å². The molecule has 0 amide bonds. The number of hydrogen-bond donors (Lipinski definition) is 3. The molecule has 0 bridgehead atoms. The predicted molar refractivity (Wildman–Crippen MR) is 108 cm³/mol. The second kappa shape index (κ2) is 10.9. The first-order valence-corrected chi connectivity index (χ1v) is 8.91. The summed E-state index contributed by atoms with van der Waals surface area (Å²) < 4.78 is 10.2. The maximum Gasteiger partial charge on any atom is 0.276 e. The van der Waals surface area contributed by atoms with Gasteiger partial charge in [-0.05, 0) is 17.7 Å². The van der Waals surface area contributed by atoms with Gasteiger partial charge in [-0.2, -0.15) is 0 Å². The van der Waals surface area contributed by atoms with Crippen LogP contribution in [0.4, 0.5) is 11.6 Å². The Labute approximate surface area is 166 Å². The first-order chi connectivity index (χ1) is 13.0. The molecule has 0 aliphatic heterocycles. The molecule has 1 aromatic carbocycles. The van der Waals surface area contributed by atoms with Gasteiger partial charge in [0.1, 0.15) is 11.4 Å². The van der Waals surface area contributed by atoms with Crippen molar-refractivity contribution in [2.45, 2.75) is 6.54 Å². The minimum Gasteiger partial charge on any atom is -0.392 e. The average Bonchev–Trinajstić information content (AvgIpc) is 2.65. The van der Waals surface area contributed by atoms with Crippen molar-refractivity contribution in [1.29, 1.82) is 0 Å². The molecule has 0 spiro atoms. The molecule has 1 heterocycles. The van der Waals surface area contributed by atoms with Crippen LogP contribution in [0, 0.1) is 0 Å². The van der Waals surface area contributed by atoms with Gasteiger partial charge >= 0.3 is 0 Å². The molecule has 146 valence electrons. The normalized spacial score (nSPS) is 11.2. The molecule has 0 fully saturated rings. The summed E-state index contributed by atoms with van der Waals surface area (Å²) in [5.41, 5.74) is 6.49. The summed E-state index contributed by atoms with van der Waals surface area (Å²) in [7, 11) is 1.61. The van der Waals surface area contributed by atoms with Crippen LogP contribution < -0.4 is 16.6 Å². The molecule has 4 N–H and O–H groups in total. The van der Waals surface area contributed by atoms with Crippen LogP contribution in [0.1, 0.15) is 11.3 Å².